The molecule has 0 radical (unpaired) electrons. The van der Waals surface area contributed by atoms with E-state index in [-0.39, 0.29) is 17.9 Å². The van der Waals surface area contributed by atoms with E-state index in [2.05, 4.69) is 55.1 Å². The molecule has 8 heteroatoms. The lowest BCUT2D eigenvalue weighted by Crippen LogP contribution is -2.47. The number of hydrogen-bond donors (Lipinski definition) is 4. The van der Waals surface area contributed by atoms with E-state index >= 15 is 0 Å². The third kappa shape index (κ3) is 7.80. The molecule has 4 N–H and O–H groups in total. The number of carbonyl (C=O) groups is 2. The molecule has 4 aromatic rings. The van der Waals surface area contributed by atoms with E-state index in [0.717, 1.165) is 53.8 Å². The van der Waals surface area contributed by atoms with E-state index in [1.54, 1.807) is 12.4 Å². The molecule has 0 saturated carbocycles. The van der Waals surface area contributed by atoms with Crippen LogP contribution in [0.15, 0.2) is 79.1 Å². The van der Waals surface area contributed by atoms with Crippen LogP contribution in [0.5, 0.6) is 0 Å². The molecule has 0 aliphatic carbocycles. The Hall–Kier alpha value is -4.01. The predicted molar refractivity (Wildman–Crippen MR) is 162 cm³/mol. The summed E-state index contributed by atoms with van der Waals surface area (Å²) in [6.45, 7) is 6.48. The Kier molecular flexibility index (Phi) is 9.78. The van der Waals surface area contributed by atoms with Gasteiger partial charge in [0.2, 0.25) is 5.91 Å². The third-order valence-corrected chi connectivity index (χ3v) is 7.83. The van der Waals surface area contributed by atoms with Gasteiger partial charge < -0.3 is 25.8 Å². The largest absolute Gasteiger partial charge is 0.348 e. The number of imidazole rings is 1. The standard InChI is InChI=1S/C33H40N6O2/c1-24(28-11-6-9-26-8-2-3-10-29(26)28)37-33(41)30(12-7-21-39-19-4-5-20-39)38-32(40)27-15-13-25(14-16-27)22-34-23-31-35-17-18-36-31/h2-3,6,8-11,13-18,24,30,34H,4-5,7,12,19-23H2,1H3,(H,35,36)(H,37,41)(H,38,40)/t24-,30-/m0/s1. The lowest BCUT2D eigenvalue weighted by Gasteiger charge is -2.23. The zero-order valence-corrected chi connectivity index (χ0v) is 23.7. The fraction of sp³-hybridized carbons (Fsp3) is 0.364. The van der Waals surface area contributed by atoms with Crippen LogP contribution in [0.3, 0.4) is 0 Å². The van der Waals surface area contributed by atoms with Crippen molar-refractivity contribution in [1.29, 1.82) is 0 Å². The van der Waals surface area contributed by atoms with Gasteiger partial charge in [0.05, 0.1) is 12.6 Å². The smallest absolute Gasteiger partial charge is 0.251 e. The molecule has 1 aromatic heterocycles. The summed E-state index contributed by atoms with van der Waals surface area (Å²) in [4.78, 5) is 36.6. The molecule has 41 heavy (non-hydrogen) atoms. The van der Waals surface area contributed by atoms with Crippen LogP contribution in [0.1, 0.15) is 66.0 Å². The van der Waals surface area contributed by atoms with Crippen molar-refractivity contribution in [2.24, 2.45) is 0 Å². The Balaban J connectivity index is 1.21. The highest BCUT2D eigenvalue weighted by Gasteiger charge is 2.24. The average Bonchev–Trinajstić information content (AvgIpc) is 3.71. The van der Waals surface area contributed by atoms with Crippen LogP contribution < -0.4 is 16.0 Å². The SMILES string of the molecule is C[C@H](NC(=O)[C@H](CCCN1CCCC1)NC(=O)c1ccc(CNCc2ncc[nH]2)cc1)c1cccc2ccccc12. The Morgan fingerprint density at radius 2 is 1.73 bits per heavy atom. The first-order valence-corrected chi connectivity index (χ1v) is 14.7. The number of benzene rings is 3. The van der Waals surface area contributed by atoms with Crippen molar-refractivity contribution in [3.8, 4) is 0 Å². The Morgan fingerprint density at radius 3 is 2.51 bits per heavy atom. The molecule has 8 nitrogen and oxygen atoms in total. The summed E-state index contributed by atoms with van der Waals surface area (Å²) in [6.07, 6.45) is 7.44. The molecule has 3 aromatic carbocycles. The average molecular weight is 553 g/mol. The first kappa shape index (κ1) is 28.5. The molecule has 0 unspecified atom stereocenters. The second-order valence-electron chi connectivity index (χ2n) is 10.9. The molecule has 1 aliphatic rings. The predicted octanol–water partition coefficient (Wildman–Crippen LogP) is 4.70. The van der Waals surface area contributed by atoms with Gasteiger partial charge in [0.25, 0.3) is 5.91 Å². The Bertz CT molecular complexity index is 1410. The minimum absolute atomic E-state index is 0.154. The molecule has 2 amide bonds. The molecule has 0 spiro atoms. The summed E-state index contributed by atoms with van der Waals surface area (Å²) in [7, 11) is 0. The number of likely N-dealkylation sites (tertiary alicyclic amines) is 1. The lowest BCUT2D eigenvalue weighted by molar-refractivity contribution is -0.123. The quantitative estimate of drug-likeness (QED) is 0.193. The van der Waals surface area contributed by atoms with Gasteiger partial charge in [0.15, 0.2) is 0 Å². The number of hydrogen-bond acceptors (Lipinski definition) is 5. The van der Waals surface area contributed by atoms with E-state index in [9.17, 15) is 9.59 Å². The van der Waals surface area contributed by atoms with Gasteiger partial charge in [-0.2, -0.15) is 0 Å². The van der Waals surface area contributed by atoms with Crippen molar-refractivity contribution < 1.29 is 9.59 Å². The van der Waals surface area contributed by atoms with E-state index < -0.39 is 6.04 Å². The van der Waals surface area contributed by atoms with Crippen LogP contribution in [-0.4, -0.2) is 52.4 Å². The van der Waals surface area contributed by atoms with Crippen molar-refractivity contribution in [1.82, 2.24) is 30.8 Å². The molecule has 2 atom stereocenters. The molecule has 5 rings (SSSR count). The van der Waals surface area contributed by atoms with Crippen LogP contribution >= 0.6 is 0 Å². The zero-order valence-electron chi connectivity index (χ0n) is 23.7. The first-order valence-electron chi connectivity index (χ1n) is 14.7. The normalized spacial score (nSPS) is 15.0. The number of aromatic nitrogens is 2. The van der Waals surface area contributed by atoms with Gasteiger partial charge in [-0.05, 0) is 86.3 Å². The summed E-state index contributed by atoms with van der Waals surface area (Å²) in [5.74, 6) is 0.489. The summed E-state index contributed by atoms with van der Waals surface area (Å²) < 4.78 is 0. The molecule has 1 fully saturated rings. The van der Waals surface area contributed by atoms with Crippen molar-refractivity contribution in [2.75, 3.05) is 19.6 Å². The summed E-state index contributed by atoms with van der Waals surface area (Å²) in [5.41, 5.74) is 2.67. The lowest BCUT2D eigenvalue weighted by atomic mass is 9.99. The van der Waals surface area contributed by atoms with Gasteiger partial charge in [-0.15, -0.1) is 0 Å². The summed E-state index contributed by atoms with van der Waals surface area (Å²) in [5, 5.41) is 11.8. The van der Waals surface area contributed by atoms with Crippen molar-refractivity contribution in [2.45, 2.75) is 57.8 Å². The van der Waals surface area contributed by atoms with Gasteiger partial charge in [-0.3, -0.25) is 9.59 Å². The maximum atomic E-state index is 13.6. The van der Waals surface area contributed by atoms with Gasteiger partial charge in [0.1, 0.15) is 11.9 Å². The van der Waals surface area contributed by atoms with E-state index in [4.69, 9.17) is 0 Å². The van der Waals surface area contributed by atoms with E-state index in [0.29, 0.717) is 25.1 Å². The molecule has 214 valence electrons. The zero-order chi connectivity index (χ0) is 28.4. The first-order chi connectivity index (χ1) is 20.1. The van der Waals surface area contributed by atoms with Crippen LogP contribution in [0.25, 0.3) is 10.8 Å². The second-order valence-corrected chi connectivity index (χ2v) is 10.9. The summed E-state index contributed by atoms with van der Waals surface area (Å²) >= 11 is 0. The van der Waals surface area contributed by atoms with Crippen LogP contribution in [0.4, 0.5) is 0 Å². The minimum Gasteiger partial charge on any atom is -0.348 e. The van der Waals surface area contributed by atoms with Gasteiger partial charge in [-0.25, -0.2) is 4.98 Å². The molecule has 1 aliphatic heterocycles. The summed E-state index contributed by atoms with van der Waals surface area (Å²) in [6, 6.07) is 21.1. The van der Waals surface area contributed by atoms with Crippen LogP contribution in [-0.2, 0) is 17.9 Å². The number of amides is 2. The molecular weight excluding hydrogens is 512 g/mol. The maximum Gasteiger partial charge on any atom is 0.251 e. The van der Waals surface area contributed by atoms with Crippen LogP contribution in [0, 0.1) is 0 Å². The highest BCUT2D eigenvalue weighted by molar-refractivity contribution is 5.97. The van der Waals surface area contributed by atoms with Gasteiger partial charge >= 0.3 is 0 Å². The minimum atomic E-state index is -0.614. The highest BCUT2D eigenvalue weighted by atomic mass is 16.2. The third-order valence-electron chi connectivity index (χ3n) is 7.83. The number of rotatable bonds is 13. The number of carbonyl (C=O) groups excluding carboxylic acids is 2. The number of nitrogens with zero attached hydrogens (tertiary/aromatic N) is 2. The number of fused-ring (bicyclic) bond motifs is 1. The number of aromatic amines is 1. The van der Waals surface area contributed by atoms with Crippen molar-refractivity contribution >= 4 is 22.6 Å². The van der Waals surface area contributed by atoms with Crippen molar-refractivity contribution in [3.63, 3.8) is 0 Å². The Morgan fingerprint density at radius 1 is 0.951 bits per heavy atom. The maximum absolute atomic E-state index is 13.6. The Labute approximate surface area is 241 Å². The molecule has 0 bridgehead atoms. The van der Waals surface area contributed by atoms with E-state index in [1.807, 2.05) is 49.4 Å². The fourth-order valence-electron chi connectivity index (χ4n) is 5.55. The highest BCUT2D eigenvalue weighted by Crippen LogP contribution is 2.24. The number of H-pyrrole nitrogens is 1. The van der Waals surface area contributed by atoms with Gasteiger partial charge in [-0.1, -0.05) is 54.6 Å². The topological polar surface area (TPSA) is 102 Å². The van der Waals surface area contributed by atoms with Crippen molar-refractivity contribution in [3.05, 3.63) is 102 Å². The fourth-order valence-corrected chi connectivity index (χ4v) is 5.55. The second kappa shape index (κ2) is 14.1. The monoisotopic (exact) mass is 552 g/mol. The molecule has 2 heterocycles. The molecular formula is C33H40N6O2. The van der Waals surface area contributed by atoms with Crippen LogP contribution in [0.2, 0.25) is 0 Å². The number of nitrogens with one attached hydrogen (secondary N) is 4. The molecule has 1 saturated heterocycles. The van der Waals surface area contributed by atoms with Gasteiger partial charge in [0, 0.05) is 24.5 Å². The van der Waals surface area contributed by atoms with E-state index in [1.165, 1.54) is 12.8 Å².